The first-order valence-corrected chi connectivity index (χ1v) is 4.96. The van der Waals surface area contributed by atoms with Crippen molar-refractivity contribution in [3.05, 3.63) is 11.8 Å². The molecule has 0 saturated carbocycles. The highest BCUT2D eigenvalue weighted by Gasteiger charge is 2.32. The number of allylic oxidation sites excluding steroid dienone is 2. The monoisotopic (exact) mass is 171 g/mol. The van der Waals surface area contributed by atoms with Crippen LogP contribution >= 0.6 is 7.52 Å². The molecule has 1 aliphatic heterocycles. The van der Waals surface area contributed by atoms with Gasteiger partial charge in [-0.2, -0.15) is 0 Å². The molecular weight excluding hydrogens is 161 g/mol. The first-order chi connectivity index (χ1) is 5.14. The van der Waals surface area contributed by atoms with Crippen molar-refractivity contribution in [2.45, 2.75) is 0 Å². The van der Waals surface area contributed by atoms with Crippen LogP contribution in [-0.4, -0.2) is 25.0 Å². The lowest BCUT2D eigenvalue weighted by Crippen LogP contribution is -2.09. The van der Waals surface area contributed by atoms with Crippen molar-refractivity contribution in [2.24, 2.45) is 0 Å². The molecule has 3 nitrogen and oxygen atoms in total. The van der Waals surface area contributed by atoms with Gasteiger partial charge in [-0.3, -0.25) is 9.24 Å². The topological polar surface area (TPSA) is 29.5 Å². The summed E-state index contributed by atoms with van der Waals surface area (Å²) in [6, 6.07) is 0. The molecule has 60 valence electrons. The number of hydrogen-bond acceptors (Lipinski definition) is 2. The average molecular weight is 171 g/mol. The molecule has 1 atom stereocenters. The third-order valence-electron chi connectivity index (χ3n) is 1.75. The maximum Gasteiger partial charge on any atom is 0.300 e. The van der Waals surface area contributed by atoms with Crippen molar-refractivity contribution >= 4 is 7.52 Å². The molecular formula is C7H10NO2P. The van der Waals surface area contributed by atoms with Gasteiger partial charge in [0.25, 0.3) is 7.52 Å². The van der Waals surface area contributed by atoms with Gasteiger partial charge in [-0.05, 0) is 6.08 Å². The van der Waals surface area contributed by atoms with Gasteiger partial charge >= 0.3 is 0 Å². The van der Waals surface area contributed by atoms with Gasteiger partial charge < -0.3 is 4.52 Å². The second-order valence-electron chi connectivity index (χ2n) is 2.26. The molecule has 0 N–H and O–H groups in total. The normalized spacial score (nSPS) is 29.9. The highest BCUT2D eigenvalue weighted by Crippen LogP contribution is 2.54. The Balaban J connectivity index is 2.89. The van der Waals surface area contributed by atoms with E-state index >= 15 is 0 Å². The van der Waals surface area contributed by atoms with Gasteiger partial charge in [0.15, 0.2) is 0 Å². The smallest absolute Gasteiger partial charge is 0.300 e. The van der Waals surface area contributed by atoms with Gasteiger partial charge in [-0.15, -0.1) is 6.42 Å². The minimum absolute atomic E-state index is 0.416. The van der Waals surface area contributed by atoms with Crippen LogP contribution in [0.4, 0.5) is 0 Å². The summed E-state index contributed by atoms with van der Waals surface area (Å²) in [5.41, 5.74) is 0.648. The van der Waals surface area contributed by atoms with Crippen LogP contribution in [0.2, 0.25) is 0 Å². The van der Waals surface area contributed by atoms with Crippen molar-refractivity contribution in [1.82, 2.24) is 4.67 Å². The van der Waals surface area contributed by atoms with Crippen LogP contribution in [0.25, 0.3) is 0 Å². The summed E-state index contributed by atoms with van der Waals surface area (Å²) >= 11 is 0. The first kappa shape index (κ1) is 8.39. The molecule has 0 spiro atoms. The van der Waals surface area contributed by atoms with Gasteiger partial charge in [0.05, 0.1) is 11.9 Å². The molecule has 0 aromatic rings. The fraction of sp³-hybridized carbons (Fsp3) is 0.429. The SMILES string of the molecule is C#CC1=CCP(=O)(OC)N1C. The van der Waals surface area contributed by atoms with Crippen LogP contribution in [0.1, 0.15) is 0 Å². The zero-order valence-corrected chi connectivity index (χ0v) is 7.47. The van der Waals surface area contributed by atoms with E-state index in [-0.39, 0.29) is 0 Å². The van der Waals surface area contributed by atoms with Crippen molar-refractivity contribution in [3.63, 3.8) is 0 Å². The molecule has 11 heavy (non-hydrogen) atoms. The standard InChI is InChI=1S/C7H10NO2P/c1-4-7-5-6-11(9,10-3)8(7)2/h1,5H,6H2,2-3H3. The number of hydrogen-bond donors (Lipinski definition) is 0. The first-order valence-electron chi connectivity index (χ1n) is 3.20. The minimum atomic E-state index is -2.62. The summed E-state index contributed by atoms with van der Waals surface area (Å²) in [5, 5.41) is 0. The zero-order chi connectivity index (χ0) is 8.48. The van der Waals surface area contributed by atoms with Crippen molar-refractivity contribution in [3.8, 4) is 12.3 Å². The Kier molecular flexibility index (Phi) is 2.08. The lowest BCUT2D eigenvalue weighted by molar-refractivity contribution is 0.358. The Labute approximate surface area is 66.5 Å². The third kappa shape index (κ3) is 1.20. The van der Waals surface area contributed by atoms with Crippen LogP contribution in [0.5, 0.6) is 0 Å². The minimum Gasteiger partial charge on any atom is -0.316 e. The predicted octanol–water partition coefficient (Wildman–Crippen LogP) is 1.29. The largest absolute Gasteiger partial charge is 0.316 e. The van der Waals surface area contributed by atoms with E-state index in [1.807, 2.05) is 0 Å². The van der Waals surface area contributed by atoms with E-state index in [2.05, 4.69) is 5.92 Å². The third-order valence-corrected chi connectivity index (χ3v) is 4.10. The molecule has 0 radical (unpaired) electrons. The van der Waals surface area contributed by atoms with E-state index in [1.54, 1.807) is 13.1 Å². The number of nitrogens with zero attached hydrogens (tertiary/aromatic N) is 1. The quantitative estimate of drug-likeness (QED) is 0.439. The van der Waals surface area contributed by atoms with E-state index in [1.165, 1.54) is 11.8 Å². The van der Waals surface area contributed by atoms with Crippen LogP contribution in [0.15, 0.2) is 11.8 Å². The molecule has 0 fully saturated rings. The lowest BCUT2D eigenvalue weighted by Gasteiger charge is -2.20. The molecule has 0 bridgehead atoms. The molecule has 1 aliphatic rings. The Bertz CT molecular complexity index is 277. The fourth-order valence-corrected chi connectivity index (χ4v) is 2.48. The van der Waals surface area contributed by atoms with Crippen LogP contribution in [0.3, 0.4) is 0 Å². The van der Waals surface area contributed by atoms with Gasteiger partial charge in [-0.25, -0.2) is 0 Å². The highest BCUT2D eigenvalue weighted by atomic mass is 31.2. The maximum atomic E-state index is 11.6. The van der Waals surface area contributed by atoms with Gasteiger partial charge in [-0.1, -0.05) is 5.92 Å². The molecule has 1 unspecified atom stereocenters. The van der Waals surface area contributed by atoms with Crippen molar-refractivity contribution in [2.75, 3.05) is 20.3 Å². The van der Waals surface area contributed by atoms with Crippen LogP contribution in [-0.2, 0) is 9.09 Å². The lowest BCUT2D eigenvalue weighted by atomic mass is 10.4. The second kappa shape index (κ2) is 2.73. The van der Waals surface area contributed by atoms with Gasteiger partial charge in [0.2, 0.25) is 0 Å². The van der Waals surface area contributed by atoms with Crippen molar-refractivity contribution in [1.29, 1.82) is 0 Å². The summed E-state index contributed by atoms with van der Waals surface area (Å²) in [5.74, 6) is 2.44. The molecule has 4 heteroatoms. The van der Waals surface area contributed by atoms with Crippen LogP contribution in [0, 0.1) is 12.3 Å². The van der Waals surface area contributed by atoms with Gasteiger partial charge in [0, 0.05) is 14.2 Å². The molecule has 1 rings (SSSR count). The number of rotatable bonds is 1. The van der Waals surface area contributed by atoms with Crippen molar-refractivity contribution < 1.29 is 9.09 Å². The molecule has 1 heterocycles. The summed E-state index contributed by atoms with van der Waals surface area (Å²) < 4.78 is 18.0. The molecule has 0 amide bonds. The average Bonchev–Trinajstić information content (AvgIpc) is 2.31. The van der Waals surface area contributed by atoms with Crippen LogP contribution < -0.4 is 0 Å². The molecule has 0 aromatic carbocycles. The molecule has 0 aliphatic carbocycles. The summed E-state index contributed by atoms with van der Waals surface area (Å²) in [4.78, 5) is 0. The van der Waals surface area contributed by atoms with E-state index in [0.717, 1.165) is 0 Å². The zero-order valence-electron chi connectivity index (χ0n) is 6.57. The summed E-state index contributed by atoms with van der Waals surface area (Å²) in [7, 11) is 0.502. The van der Waals surface area contributed by atoms with E-state index in [0.29, 0.717) is 11.9 Å². The van der Waals surface area contributed by atoms with E-state index < -0.39 is 7.52 Å². The Hall–Kier alpha value is -0.710. The fourth-order valence-electron chi connectivity index (χ4n) is 0.970. The highest BCUT2D eigenvalue weighted by molar-refractivity contribution is 7.57. The Morgan fingerprint density at radius 3 is 2.82 bits per heavy atom. The Morgan fingerprint density at radius 1 is 1.91 bits per heavy atom. The van der Waals surface area contributed by atoms with Gasteiger partial charge in [0.1, 0.15) is 0 Å². The summed E-state index contributed by atoms with van der Waals surface area (Å²) in [6.07, 6.45) is 7.33. The van der Waals surface area contributed by atoms with E-state index in [9.17, 15) is 4.57 Å². The molecule has 0 saturated heterocycles. The second-order valence-corrected chi connectivity index (χ2v) is 4.87. The molecule has 0 aromatic heterocycles. The van der Waals surface area contributed by atoms with E-state index in [4.69, 9.17) is 10.9 Å². The Morgan fingerprint density at radius 2 is 2.55 bits per heavy atom. The maximum absolute atomic E-state index is 11.6. The number of terminal acetylenes is 1. The predicted molar refractivity (Wildman–Crippen MR) is 44.2 cm³/mol. The summed E-state index contributed by atoms with van der Waals surface area (Å²) in [6.45, 7) is 0.